The molecule has 1 aromatic rings. The smallest absolute Gasteiger partial charge is 0.191 e. The van der Waals surface area contributed by atoms with Gasteiger partial charge in [0.05, 0.1) is 0 Å². The molecule has 1 heterocycles. The Morgan fingerprint density at radius 3 is 2.80 bits per heavy atom. The fourth-order valence-electron chi connectivity index (χ4n) is 2.35. The summed E-state index contributed by atoms with van der Waals surface area (Å²) in [5.74, 6) is 0.903. The van der Waals surface area contributed by atoms with E-state index in [0.717, 1.165) is 25.6 Å². The molecule has 0 spiro atoms. The van der Waals surface area contributed by atoms with Crippen LogP contribution in [-0.2, 0) is 6.54 Å². The van der Waals surface area contributed by atoms with Crippen LogP contribution in [0.15, 0.2) is 41.4 Å². The Balaban J connectivity index is 1.57. The quantitative estimate of drug-likeness (QED) is 0.498. The van der Waals surface area contributed by atoms with Crippen LogP contribution in [0.3, 0.4) is 0 Å². The highest BCUT2D eigenvalue weighted by atomic mass is 15.2. The van der Waals surface area contributed by atoms with Gasteiger partial charge in [-0.3, -0.25) is 4.99 Å². The van der Waals surface area contributed by atoms with E-state index in [2.05, 4.69) is 56.9 Å². The monoisotopic (exact) mass is 270 g/mol. The van der Waals surface area contributed by atoms with Crippen molar-refractivity contribution in [2.24, 2.45) is 4.99 Å². The van der Waals surface area contributed by atoms with Gasteiger partial charge in [0.1, 0.15) is 0 Å². The van der Waals surface area contributed by atoms with Gasteiger partial charge in [0.15, 0.2) is 5.96 Å². The number of hydrogen-bond donors (Lipinski definition) is 2. The van der Waals surface area contributed by atoms with E-state index in [0.29, 0.717) is 6.04 Å². The minimum absolute atomic E-state index is 0.628. The van der Waals surface area contributed by atoms with Crippen LogP contribution in [-0.4, -0.2) is 32.1 Å². The Hall–Kier alpha value is -1.97. The number of nitrogens with one attached hydrogen (secondary N) is 2. The van der Waals surface area contributed by atoms with Crippen molar-refractivity contribution in [3.63, 3.8) is 0 Å². The molecule has 2 N–H and O–H groups in total. The maximum absolute atomic E-state index is 4.26. The molecule has 20 heavy (non-hydrogen) atoms. The summed E-state index contributed by atoms with van der Waals surface area (Å²) >= 11 is 0. The molecule has 1 fully saturated rings. The molecule has 0 amide bonds. The van der Waals surface area contributed by atoms with Crippen molar-refractivity contribution in [2.75, 3.05) is 25.0 Å². The van der Waals surface area contributed by atoms with Gasteiger partial charge in [0.2, 0.25) is 0 Å². The average molecular weight is 270 g/mol. The number of hydrogen-bond acceptors (Lipinski definition) is 2. The molecular weight excluding hydrogens is 248 g/mol. The zero-order valence-electron chi connectivity index (χ0n) is 12.0. The molecule has 1 aliphatic carbocycles. The lowest BCUT2D eigenvalue weighted by Gasteiger charge is -2.19. The van der Waals surface area contributed by atoms with Crippen LogP contribution < -0.4 is 15.5 Å². The average Bonchev–Trinajstić information content (AvgIpc) is 3.13. The summed E-state index contributed by atoms with van der Waals surface area (Å²) < 4.78 is 0. The number of aliphatic imine (C=N–C) groups is 1. The highest BCUT2D eigenvalue weighted by molar-refractivity contribution is 5.80. The topological polar surface area (TPSA) is 39.7 Å². The van der Waals surface area contributed by atoms with Crippen LogP contribution in [0.4, 0.5) is 5.69 Å². The largest absolute Gasteiger partial charge is 0.364 e. The van der Waals surface area contributed by atoms with Crippen molar-refractivity contribution in [1.29, 1.82) is 0 Å². The Bertz CT molecular complexity index is 509. The molecule has 4 heteroatoms. The second-order valence-electron chi connectivity index (χ2n) is 5.39. The first-order valence-electron chi connectivity index (χ1n) is 7.31. The van der Waals surface area contributed by atoms with E-state index < -0.39 is 0 Å². The van der Waals surface area contributed by atoms with Crippen molar-refractivity contribution >= 4 is 11.6 Å². The van der Waals surface area contributed by atoms with Crippen LogP contribution in [0.1, 0.15) is 18.4 Å². The first-order valence-corrected chi connectivity index (χ1v) is 7.31. The van der Waals surface area contributed by atoms with Gasteiger partial charge in [-0.25, -0.2) is 0 Å². The summed E-state index contributed by atoms with van der Waals surface area (Å²) in [4.78, 5) is 6.62. The zero-order chi connectivity index (χ0) is 13.8. The fourth-order valence-corrected chi connectivity index (χ4v) is 2.35. The SMILES string of the molecule is CN=C(NCc1cccc(N2CC=CC2)c1)NC1CC1. The molecular formula is C16H22N4. The van der Waals surface area contributed by atoms with E-state index in [1.54, 1.807) is 0 Å². The van der Waals surface area contributed by atoms with Crippen molar-refractivity contribution in [2.45, 2.75) is 25.4 Å². The Labute approximate surface area is 120 Å². The number of benzene rings is 1. The van der Waals surface area contributed by atoms with E-state index in [4.69, 9.17) is 0 Å². The zero-order valence-corrected chi connectivity index (χ0v) is 12.0. The normalized spacial score (nSPS) is 18.4. The maximum Gasteiger partial charge on any atom is 0.191 e. The Morgan fingerprint density at radius 1 is 1.30 bits per heavy atom. The molecule has 1 aliphatic heterocycles. The highest BCUT2D eigenvalue weighted by Crippen LogP contribution is 2.19. The predicted octanol–water partition coefficient (Wildman–Crippen LogP) is 1.89. The van der Waals surface area contributed by atoms with Crippen molar-refractivity contribution in [3.05, 3.63) is 42.0 Å². The molecule has 0 bridgehead atoms. The maximum atomic E-state index is 4.26. The molecule has 2 aliphatic rings. The van der Waals surface area contributed by atoms with Gasteiger partial charge in [0, 0.05) is 38.4 Å². The standard InChI is InChI=1S/C16H22N4/c1-17-16(19-14-7-8-14)18-12-13-5-4-6-15(11-13)20-9-2-3-10-20/h2-6,11,14H,7-10,12H2,1H3,(H2,17,18,19). The lowest BCUT2D eigenvalue weighted by Crippen LogP contribution is -2.38. The van der Waals surface area contributed by atoms with Crippen LogP contribution in [0.2, 0.25) is 0 Å². The third-order valence-electron chi connectivity index (χ3n) is 3.70. The van der Waals surface area contributed by atoms with E-state index >= 15 is 0 Å². The van der Waals surface area contributed by atoms with Gasteiger partial charge >= 0.3 is 0 Å². The first kappa shape index (κ1) is 13.0. The van der Waals surface area contributed by atoms with Crippen LogP contribution in [0.25, 0.3) is 0 Å². The summed E-state index contributed by atoms with van der Waals surface area (Å²) in [5, 5.41) is 6.78. The van der Waals surface area contributed by atoms with E-state index in [1.165, 1.54) is 24.1 Å². The summed E-state index contributed by atoms with van der Waals surface area (Å²) in [6.45, 7) is 2.84. The molecule has 0 unspecified atom stereocenters. The Kier molecular flexibility index (Phi) is 3.90. The van der Waals surface area contributed by atoms with Gasteiger partial charge in [-0.2, -0.15) is 0 Å². The molecule has 4 nitrogen and oxygen atoms in total. The molecule has 1 aromatic carbocycles. The van der Waals surface area contributed by atoms with Crippen molar-refractivity contribution in [1.82, 2.24) is 10.6 Å². The number of nitrogens with zero attached hydrogens (tertiary/aromatic N) is 2. The second-order valence-corrected chi connectivity index (χ2v) is 5.39. The molecule has 0 atom stereocenters. The summed E-state index contributed by atoms with van der Waals surface area (Å²) in [6.07, 6.45) is 6.95. The van der Waals surface area contributed by atoms with Crippen molar-refractivity contribution in [3.8, 4) is 0 Å². The minimum atomic E-state index is 0.628. The van der Waals surface area contributed by atoms with Gasteiger partial charge in [-0.15, -0.1) is 0 Å². The third-order valence-corrected chi connectivity index (χ3v) is 3.70. The number of anilines is 1. The second kappa shape index (κ2) is 5.99. The van der Waals surface area contributed by atoms with Gasteiger partial charge in [-0.05, 0) is 30.5 Å². The van der Waals surface area contributed by atoms with Crippen LogP contribution >= 0.6 is 0 Å². The van der Waals surface area contributed by atoms with Gasteiger partial charge in [0.25, 0.3) is 0 Å². The summed E-state index contributed by atoms with van der Waals surface area (Å²) in [5.41, 5.74) is 2.58. The number of rotatable bonds is 4. The summed E-state index contributed by atoms with van der Waals surface area (Å²) in [6, 6.07) is 9.34. The molecule has 0 radical (unpaired) electrons. The van der Waals surface area contributed by atoms with E-state index in [-0.39, 0.29) is 0 Å². The molecule has 106 valence electrons. The lowest BCUT2D eigenvalue weighted by atomic mass is 10.2. The van der Waals surface area contributed by atoms with Gasteiger partial charge in [-0.1, -0.05) is 24.3 Å². The molecule has 0 saturated heterocycles. The van der Waals surface area contributed by atoms with Crippen LogP contribution in [0, 0.1) is 0 Å². The van der Waals surface area contributed by atoms with Gasteiger partial charge < -0.3 is 15.5 Å². The predicted molar refractivity (Wildman–Crippen MR) is 84.2 cm³/mol. The van der Waals surface area contributed by atoms with E-state index in [1.807, 2.05) is 7.05 Å². The third kappa shape index (κ3) is 3.32. The summed E-state index contributed by atoms with van der Waals surface area (Å²) in [7, 11) is 1.82. The van der Waals surface area contributed by atoms with Crippen molar-refractivity contribution < 1.29 is 0 Å². The van der Waals surface area contributed by atoms with E-state index in [9.17, 15) is 0 Å². The highest BCUT2D eigenvalue weighted by Gasteiger charge is 2.21. The molecule has 3 rings (SSSR count). The van der Waals surface area contributed by atoms with Crippen LogP contribution in [0.5, 0.6) is 0 Å². The molecule has 1 saturated carbocycles. The Morgan fingerprint density at radius 2 is 2.10 bits per heavy atom. The number of guanidine groups is 1. The lowest BCUT2D eigenvalue weighted by molar-refractivity contribution is 0.805. The minimum Gasteiger partial charge on any atom is -0.364 e. The molecule has 0 aromatic heterocycles. The first-order chi connectivity index (χ1) is 9.85. The fraction of sp³-hybridized carbons (Fsp3) is 0.438.